The predicted molar refractivity (Wildman–Crippen MR) is 97.5 cm³/mol. The normalized spacial score (nSPS) is 24.0. The van der Waals surface area contributed by atoms with Gasteiger partial charge in [-0.1, -0.05) is 67.3 Å². The van der Waals surface area contributed by atoms with Gasteiger partial charge in [-0.05, 0) is 30.2 Å². The average molecular weight is 322 g/mol. The van der Waals surface area contributed by atoms with Crippen LogP contribution in [0.25, 0.3) is 11.0 Å². The molecule has 1 aliphatic carbocycles. The summed E-state index contributed by atoms with van der Waals surface area (Å²) in [5.41, 5.74) is 3.72. The Kier molecular flexibility index (Phi) is 3.20. The van der Waals surface area contributed by atoms with E-state index in [0.29, 0.717) is 5.92 Å². The van der Waals surface area contributed by atoms with Crippen LogP contribution in [0.2, 0.25) is 25.7 Å². The molecule has 4 rings (SSSR count). The van der Waals surface area contributed by atoms with E-state index in [9.17, 15) is 0 Å². The molecule has 0 radical (unpaired) electrons. The number of hydrogen-bond donors (Lipinski definition) is 0. The Hall–Kier alpha value is -1.94. The molecule has 1 heterocycles. The minimum absolute atomic E-state index is 0.113. The lowest BCUT2D eigenvalue weighted by molar-refractivity contribution is 0.452. The summed E-state index contributed by atoms with van der Waals surface area (Å²) in [6.45, 7) is 7.36. The molecule has 0 aliphatic heterocycles. The number of rotatable bonds is 4. The van der Waals surface area contributed by atoms with Crippen LogP contribution in [0.3, 0.4) is 0 Å². The van der Waals surface area contributed by atoms with E-state index in [0.717, 1.165) is 5.52 Å². The second kappa shape index (κ2) is 5.03. The van der Waals surface area contributed by atoms with E-state index in [4.69, 9.17) is 0 Å². The minimum Gasteiger partial charge on any atom is -0.238 e. The third kappa shape index (κ3) is 2.51. The van der Waals surface area contributed by atoms with Gasteiger partial charge in [0.15, 0.2) is 0 Å². The molecule has 118 valence electrons. The monoisotopic (exact) mass is 321 g/mol. The highest BCUT2D eigenvalue weighted by Gasteiger charge is 2.59. The number of hydrogen-bond acceptors (Lipinski definition) is 2. The molecule has 0 saturated heterocycles. The molecule has 3 nitrogen and oxygen atoms in total. The molecular weight excluding hydrogens is 298 g/mol. The summed E-state index contributed by atoms with van der Waals surface area (Å²) in [5.74, 6) is 0.556. The fourth-order valence-corrected chi connectivity index (χ4v) is 6.41. The van der Waals surface area contributed by atoms with Crippen LogP contribution in [0.15, 0.2) is 54.6 Å². The summed E-state index contributed by atoms with van der Waals surface area (Å²) in [4.78, 5) is 0. The minimum atomic E-state index is -1.24. The lowest BCUT2D eigenvalue weighted by Crippen LogP contribution is -2.32. The SMILES string of the molecule is C[Si](C)(C)CC1(n2nnc3ccccc32)CC1c1ccccc1. The summed E-state index contributed by atoms with van der Waals surface area (Å²) >= 11 is 0. The highest BCUT2D eigenvalue weighted by molar-refractivity contribution is 6.76. The Balaban J connectivity index is 1.82. The van der Waals surface area contributed by atoms with Crippen molar-refractivity contribution in [2.24, 2.45) is 0 Å². The molecule has 2 atom stereocenters. The Morgan fingerprint density at radius 2 is 1.74 bits per heavy atom. The van der Waals surface area contributed by atoms with Crippen LogP contribution in [-0.4, -0.2) is 23.1 Å². The molecule has 4 heteroatoms. The van der Waals surface area contributed by atoms with Gasteiger partial charge in [0.2, 0.25) is 0 Å². The summed E-state index contributed by atoms with van der Waals surface area (Å²) < 4.78 is 2.23. The number of para-hydroxylation sites is 1. The third-order valence-electron chi connectivity index (χ3n) is 4.86. The van der Waals surface area contributed by atoms with Gasteiger partial charge < -0.3 is 0 Å². The number of benzene rings is 2. The zero-order chi connectivity index (χ0) is 16.1. The van der Waals surface area contributed by atoms with Crippen molar-refractivity contribution in [2.75, 3.05) is 0 Å². The third-order valence-corrected chi connectivity index (χ3v) is 6.53. The van der Waals surface area contributed by atoms with E-state index in [1.165, 1.54) is 23.5 Å². The first-order valence-electron chi connectivity index (χ1n) is 8.36. The van der Waals surface area contributed by atoms with Crippen molar-refractivity contribution in [3.63, 3.8) is 0 Å². The molecule has 0 amide bonds. The first-order chi connectivity index (χ1) is 11.0. The fraction of sp³-hybridized carbons (Fsp3) is 0.368. The molecule has 0 spiro atoms. The Morgan fingerprint density at radius 1 is 1.04 bits per heavy atom. The van der Waals surface area contributed by atoms with Gasteiger partial charge in [0.05, 0.1) is 11.1 Å². The molecule has 2 unspecified atom stereocenters. The Morgan fingerprint density at radius 3 is 2.48 bits per heavy atom. The van der Waals surface area contributed by atoms with Crippen LogP contribution >= 0.6 is 0 Å². The van der Waals surface area contributed by atoms with Crippen LogP contribution in [0.4, 0.5) is 0 Å². The van der Waals surface area contributed by atoms with Crippen molar-refractivity contribution in [3.8, 4) is 0 Å². The molecule has 0 bridgehead atoms. The van der Waals surface area contributed by atoms with Crippen LogP contribution < -0.4 is 0 Å². The zero-order valence-electron chi connectivity index (χ0n) is 14.0. The van der Waals surface area contributed by atoms with Gasteiger partial charge in [0.1, 0.15) is 5.52 Å². The van der Waals surface area contributed by atoms with Crippen LogP contribution in [-0.2, 0) is 5.54 Å². The van der Waals surface area contributed by atoms with E-state index in [1.807, 2.05) is 6.07 Å². The molecule has 3 aromatic rings. The number of fused-ring (bicyclic) bond motifs is 1. The van der Waals surface area contributed by atoms with Crippen LogP contribution in [0.5, 0.6) is 0 Å². The standard InChI is InChI=1S/C19H23N3Si/c1-23(2,3)14-19(13-16(19)15-9-5-4-6-10-15)22-18-12-8-7-11-17(18)20-21-22/h4-12,16H,13-14H2,1-3H3. The quantitative estimate of drug-likeness (QED) is 0.655. The van der Waals surface area contributed by atoms with Crippen LogP contribution in [0.1, 0.15) is 17.9 Å². The van der Waals surface area contributed by atoms with Crippen LogP contribution in [0, 0.1) is 0 Å². The molecule has 1 aliphatic rings. The van der Waals surface area contributed by atoms with Gasteiger partial charge in [-0.3, -0.25) is 0 Å². The molecule has 0 N–H and O–H groups in total. The fourth-order valence-electron chi connectivity index (χ4n) is 4.03. The van der Waals surface area contributed by atoms with Gasteiger partial charge in [0, 0.05) is 14.0 Å². The van der Waals surface area contributed by atoms with Gasteiger partial charge in [-0.15, -0.1) is 5.10 Å². The number of nitrogens with zero attached hydrogens (tertiary/aromatic N) is 3. The molecule has 1 fully saturated rings. The maximum absolute atomic E-state index is 4.58. The summed E-state index contributed by atoms with van der Waals surface area (Å²) in [6.07, 6.45) is 1.18. The molecular formula is C19H23N3Si. The Bertz CT molecular complexity index is 834. The van der Waals surface area contributed by atoms with E-state index >= 15 is 0 Å². The lowest BCUT2D eigenvalue weighted by atomic mass is 10.1. The van der Waals surface area contributed by atoms with Crippen molar-refractivity contribution < 1.29 is 0 Å². The van der Waals surface area contributed by atoms with Gasteiger partial charge in [-0.25, -0.2) is 4.68 Å². The summed E-state index contributed by atoms with van der Waals surface area (Å²) in [7, 11) is -1.24. The van der Waals surface area contributed by atoms with Crippen molar-refractivity contribution in [2.45, 2.75) is 43.6 Å². The van der Waals surface area contributed by atoms with Crippen molar-refractivity contribution in [3.05, 3.63) is 60.2 Å². The predicted octanol–water partition coefficient (Wildman–Crippen LogP) is 4.65. The second-order valence-electron chi connectivity index (χ2n) is 8.00. The van der Waals surface area contributed by atoms with Crippen molar-refractivity contribution in [1.29, 1.82) is 0 Å². The molecule has 2 aromatic carbocycles. The first kappa shape index (κ1) is 14.6. The highest BCUT2D eigenvalue weighted by Crippen LogP contribution is 2.61. The van der Waals surface area contributed by atoms with Gasteiger partial charge >= 0.3 is 0 Å². The van der Waals surface area contributed by atoms with E-state index in [-0.39, 0.29) is 5.54 Å². The smallest absolute Gasteiger partial charge is 0.113 e. The Labute approximate surface area is 138 Å². The zero-order valence-corrected chi connectivity index (χ0v) is 15.0. The van der Waals surface area contributed by atoms with Crippen molar-refractivity contribution in [1.82, 2.24) is 15.0 Å². The molecule has 1 aromatic heterocycles. The summed E-state index contributed by atoms with van der Waals surface area (Å²) in [6, 6.07) is 20.5. The average Bonchev–Trinajstić information content (AvgIpc) is 3.05. The highest BCUT2D eigenvalue weighted by atomic mass is 28.3. The molecule has 23 heavy (non-hydrogen) atoms. The largest absolute Gasteiger partial charge is 0.238 e. The molecule has 1 saturated carbocycles. The maximum atomic E-state index is 4.58. The van der Waals surface area contributed by atoms with E-state index in [2.05, 4.69) is 83.2 Å². The first-order valence-corrected chi connectivity index (χ1v) is 12.1. The van der Waals surface area contributed by atoms with Gasteiger partial charge in [0.25, 0.3) is 0 Å². The lowest BCUT2D eigenvalue weighted by Gasteiger charge is -2.26. The topological polar surface area (TPSA) is 30.7 Å². The van der Waals surface area contributed by atoms with E-state index in [1.54, 1.807) is 0 Å². The maximum Gasteiger partial charge on any atom is 0.113 e. The van der Waals surface area contributed by atoms with Gasteiger partial charge in [-0.2, -0.15) is 0 Å². The second-order valence-corrected chi connectivity index (χ2v) is 13.5. The number of aromatic nitrogens is 3. The van der Waals surface area contributed by atoms with E-state index < -0.39 is 8.07 Å². The van der Waals surface area contributed by atoms with Crippen molar-refractivity contribution >= 4 is 19.1 Å². The summed E-state index contributed by atoms with van der Waals surface area (Å²) in [5, 5.41) is 8.99.